The van der Waals surface area contributed by atoms with Gasteiger partial charge in [-0.25, -0.2) is 14.2 Å². The van der Waals surface area contributed by atoms with Crippen molar-refractivity contribution in [2.45, 2.75) is 33.3 Å². The maximum Gasteiger partial charge on any atom is 0.363 e. The molecule has 0 unspecified atom stereocenters. The summed E-state index contributed by atoms with van der Waals surface area (Å²) in [5, 5.41) is 0. The molecule has 0 atom stereocenters. The van der Waals surface area contributed by atoms with E-state index in [2.05, 4.69) is 11.9 Å². The minimum absolute atomic E-state index is 0.0651. The summed E-state index contributed by atoms with van der Waals surface area (Å²) in [5.41, 5.74) is 1.99. The number of ether oxygens (including phenoxy) is 4. The third kappa shape index (κ3) is 6.30. The van der Waals surface area contributed by atoms with Crippen molar-refractivity contribution in [1.29, 1.82) is 0 Å². The molecule has 0 aromatic heterocycles. The van der Waals surface area contributed by atoms with Crippen LogP contribution in [0.4, 0.5) is 4.39 Å². The van der Waals surface area contributed by atoms with Crippen LogP contribution in [0, 0.1) is 5.82 Å². The van der Waals surface area contributed by atoms with Crippen molar-refractivity contribution in [3.63, 3.8) is 0 Å². The Kier molecular flexibility index (Phi) is 8.34. The molecule has 0 spiro atoms. The molecule has 1 aliphatic rings. The highest BCUT2D eigenvalue weighted by Crippen LogP contribution is 2.31. The number of hydrogen-bond donors (Lipinski definition) is 0. The molecule has 6 nitrogen and oxygen atoms in total. The van der Waals surface area contributed by atoms with Crippen molar-refractivity contribution in [3.8, 4) is 17.2 Å². The van der Waals surface area contributed by atoms with Gasteiger partial charge in [0.05, 0.1) is 13.2 Å². The van der Waals surface area contributed by atoms with Crippen molar-refractivity contribution < 1.29 is 28.1 Å². The van der Waals surface area contributed by atoms with E-state index in [0.717, 1.165) is 18.6 Å². The fourth-order valence-corrected chi connectivity index (χ4v) is 3.49. The molecule has 1 aliphatic heterocycles. The van der Waals surface area contributed by atoms with E-state index in [0.29, 0.717) is 41.4 Å². The largest absolute Gasteiger partial charge is 0.494 e. The van der Waals surface area contributed by atoms with Crippen LogP contribution in [0.5, 0.6) is 17.2 Å². The first kappa shape index (κ1) is 25.0. The molecule has 36 heavy (non-hydrogen) atoms. The van der Waals surface area contributed by atoms with Gasteiger partial charge in [-0.05, 0) is 67.4 Å². The number of nitrogens with zero attached hydrogens (tertiary/aromatic N) is 1. The summed E-state index contributed by atoms with van der Waals surface area (Å²) in [6.07, 6.45) is 3.68. The van der Waals surface area contributed by atoms with Crippen LogP contribution in [0.15, 0.2) is 77.4 Å². The van der Waals surface area contributed by atoms with E-state index in [9.17, 15) is 9.18 Å². The van der Waals surface area contributed by atoms with Gasteiger partial charge >= 0.3 is 5.97 Å². The highest BCUT2D eigenvalue weighted by molar-refractivity contribution is 6.12. The van der Waals surface area contributed by atoms with E-state index in [1.807, 2.05) is 31.2 Å². The second kappa shape index (κ2) is 12.0. The molecule has 0 radical (unpaired) electrons. The molecular formula is C29H28FNO5. The van der Waals surface area contributed by atoms with Crippen LogP contribution < -0.4 is 14.2 Å². The maximum absolute atomic E-state index is 13.9. The van der Waals surface area contributed by atoms with Gasteiger partial charge in [0.2, 0.25) is 5.90 Å². The second-order valence-corrected chi connectivity index (χ2v) is 8.08. The second-order valence-electron chi connectivity index (χ2n) is 8.08. The van der Waals surface area contributed by atoms with Gasteiger partial charge in [0.15, 0.2) is 17.2 Å². The number of carbonyl (C=O) groups is 1. The summed E-state index contributed by atoms with van der Waals surface area (Å²) in [5.74, 6) is 1.09. The Hall–Kier alpha value is -4.13. The minimum Gasteiger partial charge on any atom is -0.494 e. The zero-order chi connectivity index (χ0) is 25.3. The first-order valence-corrected chi connectivity index (χ1v) is 12.0. The third-order valence-corrected chi connectivity index (χ3v) is 5.40. The number of hydrogen-bond acceptors (Lipinski definition) is 6. The normalized spacial score (nSPS) is 13.9. The van der Waals surface area contributed by atoms with Crippen molar-refractivity contribution in [1.82, 2.24) is 0 Å². The SMILES string of the molecule is CCCCOc1ccc(C2=N/C(=C\c3ccc(OCc4ccccc4F)c(OCC)c3)C(=O)O2)cc1. The van der Waals surface area contributed by atoms with Crippen LogP contribution in [-0.4, -0.2) is 25.1 Å². The molecule has 7 heteroatoms. The number of unbranched alkanes of at least 4 members (excludes halogenated alkanes) is 1. The first-order chi connectivity index (χ1) is 17.6. The van der Waals surface area contributed by atoms with Gasteiger partial charge in [0, 0.05) is 11.1 Å². The Morgan fingerprint density at radius 2 is 1.75 bits per heavy atom. The maximum atomic E-state index is 13.9. The van der Waals surface area contributed by atoms with Crippen LogP contribution in [0.2, 0.25) is 0 Å². The van der Waals surface area contributed by atoms with Gasteiger partial charge in [-0.3, -0.25) is 0 Å². The third-order valence-electron chi connectivity index (χ3n) is 5.40. The van der Waals surface area contributed by atoms with Crippen molar-refractivity contribution >= 4 is 17.9 Å². The topological polar surface area (TPSA) is 66.3 Å². The first-order valence-electron chi connectivity index (χ1n) is 12.0. The lowest BCUT2D eigenvalue weighted by atomic mass is 10.1. The van der Waals surface area contributed by atoms with Gasteiger partial charge in [-0.1, -0.05) is 37.6 Å². The highest BCUT2D eigenvalue weighted by Gasteiger charge is 2.24. The zero-order valence-corrected chi connectivity index (χ0v) is 20.3. The van der Waals surface area contributed by atoms with E-state index in [1.54, 1.807) is 42.5 Å². The van der Waals surface area contributed by atoms with E-state index in [4.69, 9.17) is 18.9 Å². The number of halogens is 1. The van der Waals surface area contributed by atoms with E-state index >= 15 is 0 Å². The zero-order valence-electron chi connectivity index (χ0n) is 20.3. The predicted molar refractivity (Wildman–Crippen MR) is 136 cm³/mol. The highest BCUT2D eigenvalue weighted by atomic mass is 19.1. The molecule has 3 aromatic rings. The minimum atomic E-state index is -0.536. The molecule has 0 saturated carbocycles. The standard InChI is InChI=1S/C29H28FNO5/c1-3-5-16-34-23-13-11-21(12-14-23)28-31-25(29(32)36-28)17-20-10-15-26(27(18-20)33-4-2)35-19-22-8-6-7-9-24(22)30/h6-15,17-18H,3-5,16,19H2,1-2H3/b25-17-. The molecule has 0 fully saturated rings. The van der Waals surface area contributed by atoms with Crippen molar-refractivity contribution in [2.24, 2.45) is 4.99 Å². The average molecular weight is 490 g/mol. The van der Waals surface area contributed by atoms with Crippen LogP contribution in [0.25, 0.3) is 6.08 Å². The Labute approximate surface area is 210 Å². The molecule has 3 aromatic carbocycles. The van der Waals surface area contributed by atoms with Gasteiger partial charge in [-0.2, -0.15) is 0 Å². The van der Waals surface area contributed by atoms with E-state index in [-0.39, 0.29) is 24.0 Å². The number of benzene rings is 3. The quantitative estimate of drug-likeness (QED) is 0.179. The van der Waals surface area contributed by atoms with Gasteiger partial charge in [-0.15, -0.1) is 0 Å². The van der Waals surface area contributed by atoms with Crippen molar-refractivity contribution in [2.75, 3.05) is 13.2 Å². The molecule has 1 heterocycles. The number of aliphatic imine (C=N–C) groups is 1. The summed E-state index contributed by atoms with van der Waals surface area (Å²) < 4.78 is 36.5. The summed E-state index contributed by atoms with van der Waals surface area (Å²) in [4.78, 5) is 16.8. The van der Waals surface area contributed by atoms with Gasteiger partial charge in [0.25, 0.3) is 0 Å². The molecular weight excluding hydrogens is 461 g/mol. The summed E-state index contributed by atoms with van der Waals surface area (Å²) in [7, 11) is 0. The fourth-order valence-electron chi connectivity index (χ4n) is 3.49. The summed E-state index contributed by atoms with van der Waals surface area (Å²) in [6, 6.07) is 19.0. The predicted octanol–water partition coefficient (Wildman–Crippen LogP) is 6.33. The molecule has 0 bridgehead atoms. The van der Waals surface area contributed by atoms with Crippen LogP contribution >= 0.6 is 0 Å². The lowest BCUT2D eigenvalue weighted by Crippen LogP contribution is -2.05. The summed E-state index contributed by atoms with van der Waals surface area (Å²) >= 11 is 0. The molecule has 0 N–H and O–H groups in total. The Balaban J connectivity index is 1.49. The molecule has 4 rings (SSSR count). The Morgan fingerprint density at radius 1 is 0.944 bits per heavy atom. The summed E-state index contributed by atoms with van der Waals surface area (Å²) in [6.45, 7) is 5.11. The van der Waals surface area contributed by atoms with E-state index in [1.165, 1.54) is 6.07 Å². The smallest absolute Gasteiger partial charge is 0.363 e. The molecule has 0 amide bonds. The fraction of sp³-hybridized carbons (Fsp3) is 0.241. The van der Waals surface area contributed by atoms with Crippen LogP contribution in [-0.2, 0) is 16.1 Å². The monoisotopic (exact) mass is 489 g/mol. The van der Waals surface area contributed by atoms with Gasteiger partial charge < -0.3 is 18.9 Å². The molecule has 186 valence electrons. The van der Waals surface area contributed by atoms with E-state index < -0.39 is 5.97 Å². The number of cyclic esters (lactones) is 1. The average Bonchev–Trinajstić information content (AvgIpc) is 3.25. The molecule has 0 aliphatic carbocycles. The van der Waals surface area contributed by atoms with Crippen LogP contribution in [0.3, 0.4) is 0 Å². The lowest BCUT2D eigenvalue weighted by molar-refractivity contribution is -0.129. The number of rotatable bonds is 11. The Bertz CT molecular complexity index is 1270. The Morgan fingerprint density at radius 3 is 2.50 bits per heavy atom. The number of carbonyl (C=O) groups excluding carboxylic acids is 1. The molecule has 0 saturated heterocycles. The number of esters is 1. The van der Waals surface area contributed by atoms with Crippen LogP contribution in [0.1, 0.15) is 43.4 Å². The van der Waals surface area contributed by atoms with Crippen molar-refractivity contribution in [3.05, 3.63) is 94.9 Å². The van der Waals surface area contributed by atoms with Gasteiger partial charge in [0.1, 0.15) is 18.2 Å². The lowest BCUT2D eigenvalue weighted by Gasteiger charge is -2.13.